The summed E-state index contributed by atoms with van der Waals surface area (Å²) in [4.78, 5) is 19.5. The third kappa shape index (κ3) is 36.4. The monoisotopic (exact) mass is 1610 g/mol. The molecule has 1 saturated carbocycles. The van der Waals surface area contributed by atoms with Crippen LogP contribution in [0.3, 0.4) is 0 Å². The van der Waals surface area contributed by atoms with Crippen LogP contribution in [-0.2, 0) is 52.6 Å². The molecule has 0 amide bonds. The van der Waals surface area contributed by atoms with E-state index >= 15 is 0 Å². The highest BCUT2D eigenvalue weighted by molar-refractivity contribution is 9.11. The van der Waals surface area contributed by atoms with Crippen LogP contribution in [0.15, 0.2) is 223 Å². The molecule has 0 unspecified atom stereocenters. The average molecular weight is 1620 g/mol. The Labute approximate surface area is 697 Å². The number of nitro groups is 1. The smallest absolute Gasteiger partial charge is 0.269 e. The summed E-state index contributed by atoms with van der Waals surface area (Å²) in [5.74, 6) is 3.22. The molecule has 0 aliphatic heterocycles. The predicted octanol–water partition coefficient (Wildman–Crippen LogP) is 31.2. The number of ether oxygens (including phenoxy) is 1. The van der Waals surface area contributed by atoms with E-state index in [0.717, 1.165) is 23.7 Å². The number of nitrogens with zero attached hydrogens (tertiary/aromatic N) is 4. The van der Waals surface area contributed by atoms with Crippen LogP contribution < -0.4 is 4.74 Å². The van der Waals surface area contributed by atoms with Gasteiger partial charge in [-0.3, -0.25) is 20.1 Å². The maximum absolute atomic E-state index is 10.4. The van der Waals surface area contributed by atoms with Gasteiger partial charge in [-0.25, -0.2) is 0 Å². The number of benzene rings is 6. The van der Waals surface area contributed by atoms with Crippen LogP contribution in [0.4, 0.5) is 5.69 Å². The molecule has 6 aromatic carbocycles. The molecule has 2 aliphatic carbocycles. The van der Waals surface area contributed by atoms with E-state index < -0.39 is 4.92 Å². The maximum Gasteiger partial charge on any atom is 0.269 e. The molecule has 0 atom stereocenters. The van der Waals surface area contributed by atoms with Gasteiger partial charge in [0.1, 0.15) is 12.4 Å². The van der Waals surface area contributed by atoms with Crippen molar-refractivity contribution in [1.29, 1.82) is 0 Å². The Hall–Kier alpha value is -7.37. The van der Waals surface area contributed by atoms with Crippen LogP contribution in [0, 0.1) is 32.3 Å². The molecule has 12 rings (SSSR count). The number of aryl methyl sites for hydroxylation is 1. The first-order valence-electron chi connectivity index (χ1n) is 40.4. The third-order valence-corrected chi connectivity index (χ3v) is 22.1. The van der Waals surface area contributed by atoms with Gasteiger partial charge in [0.05, 0.1) is 8.71 Å². The van der Waals surface area contributed by atoms with E-state index in [1.165, 1.54) is 132 Å². The van der Waals surface area contributed by atoms with Crippen LogP contribution in [0.25, 0.3) is 28.1 Å². The minimum Gasteiger partial charge on any atom is -0.489 e. The highest BCUT2D eigenvalue weighted by Gasteiger charge is 2.27. The first-order chi connectivity index (χ1) is 51.9. The van der Waals surface area contributed by atoms with Crippen molar-refractivity contribution in [2.24, 2.45) is 29.2 Å². The van der Waals surface area contributed by atoms with Crippen molar-refractivity contribution >= 4 is 61.7 Å². The fourth-order valence-electron chi connectivity index (χ4n) is 12.1. The van der Waals surface area contributed by atoms with E-state index in [9.17, 15) is 10.1 Å². The van der Waals surface area contributed by atoms with Crippen molar-refractivity contribution in [3.05, 3.63) is 288 Å². The van der Waals surface area contributed by atoms with Crippen LogP contribution in [0.1, 0.15) is 280 Å². The van der Waals surface area contributed by atoms with Crippen molar-refractivity contribution in [3.63, 3.8) is 0 Å². The zero-order chi connectivity index (χ0) is 84.1. The van der Waals surface area contributed by atoms with Gasteiger partial charge in [-0.15, -0.1) is 11.3 Å². The van der Waals surface area contributed by atoms with Gasteiger partial charge in [0.15, 0.2) is 0 Å². The van der Waals surface area contributed by atoms with Crippen molar-refractivity contribution in [2.45, 2.75) is 271 Å². The molecule has 0 N–H and O–H groups in total. The lowest BCUT2D eigenvalue weighted by Gasteiger charge is -2.33. The first kappa shape index (κ1) is 97.0. The molecule has 0 saturated heterocycles. The van der Waals surface area contributed by atoms with E-state index in [0.29, 0.717) is 22.9 Å². The third-order valence-electron chi connectivity index (χ3n) is 19.5. The van der Waals surface area contributed by atoms with E-state index in [1.54, 1.807) is 18.3 Å². The van der Waals surface area contributed by atoms with Gasteiger partial charge in [0.25, 0.3) is 5.69 Å². The summed E-state index contributed by atoms with van der Waals surface area (Å²) >= 11 is 7.18. The van der Waals surface area contributed by atoms with Crippen LogP contribution in [0.5, 0.6) is 5.75 Å². The lowest BCUT2D eigenvalue weighted by Crippen LogP contribution is -2.22. The number of para-hydroxylation sites is 1. The number of nitro benzene ring substituents is 1. The number of thioether (sulfide) groups is 1. The minimum atomic E-state index is -0.392. The molecular weight excluding hydrogens is 1470 g/mol. The molecule has 2 aliphatic rings. The average Bonchev–Trinajstić information content (AvgIpc) is 1.65. The van der Waals surface area contributed by atoms with Crippen LogP contribution in [0.2, 0.25) is 0 Å². The summed E-state index contributed by atoms with van der Waals surface area (Å²) in [5.41, 5.74) is 18.9. The van der Waals surface area contributed by atoms with Crippen molar-refractivity contribution in [3.8, 4) is 16.9 Å². The minimum absolute atomic E-state index is 0.127. The quantitative estimate of drug-likeness (QED) is 0.117. The van der Waals surface area contributed by atoms with E-state index in [-0.39, 0.29) is 38.2 Å². The lowest BCUT2D eigenvalue weighted by molar-refractivity contribution is -0.384. The topological polar surface area (TPSA) is 83.1 Å². The summed E-state index contributed by atoms with van der Waals surface area (Å²) in [6.45, 7) is 61.0. The number of aromatic nitrogens is 3. The van der Waals surface area contributed by atoms with Gasteiger partial charge in [0.2, 0.25) is 0 Å². The van der Waals surface area contributed by atoms with E-state index in [1.807, 2.05) is 84.2 Å². The number of allylic oxidation sites excluding steroid dienone is 1. The zero-order valence-corrected chi connectivity index (χ0v) is 77.7. The Morgan fingerprint density at radius 2 is 1.07 bits per heavy atom. The molecule has 10 aromatic rings. The number of hydrogen-bond acceptors (Lipinski definition) is 7. The van der Waals surface area contributed by atoms with Gasteiger partial charge in [-0.2, -0.15) is 11.8 Å². The highest BCUT2D eigenvalue weighted by atomic mass is 79.9. The van der Waals surface area contributed by atoms with Crippen molar-refractivity contribution in [1.82, 2.24) is 14.5 Å². The number of thiophene rings is 1. The lowest BCUT2D eigenvalue weighted by atomic mass is 9.72. The Bertz CT molecular complexity index is 4300. The summed E-state index contributed by atoms with van der Waals surface area (Å²) < 4.78 is 9.18. The fraction of sp³-hybridized carbons (Fsp3) is 0.471. The standard InChI is InChI=1S/C17H20O.C17H18.C13H17N.C12H15NO2.C10H20.2C9H13N.C8H11BrS.C7H16S/c1-17(2,3)15-9-11-16(12-10-15)18-13-14-7-5-4-6-8-14;1-17(2,3)14-8-9-16-13(11-14)10-12-6-4-5-7-15(12)16;1-13(2,3)11-9-14(4)12-8-6-5-7-10(11)12;1-12(2,3)9-8-10-4-6-11(7-5-10)13(14)15;1-10(2,3)9-7-5-4-6-8-9;1-9(2,3)8-4-6-10-7-5-8;1-9(2,3)8-5-4-6-10-7-8;1-8(2,3)6-4-5-7(9)10-6;1-7(2,3)5-6-8-4/h4-12H,13H2,1-3H3;4-9,11H,10H2,1-3H3;5-9H,1-4H3;4-9H,1-3H3;9H,4-8H2,1-3H3;2*4-7H,1-3H3;4-5H,1-3H3;5-6H2,1-4H3/b;;;9-8+;;;;;. The summed E-state index contributed by atoms with van der Waals surface area (Å²) in [6, 6.07) is 61.9. The number of non-ortho nitro benzene ring substituents is 1. The largest absolute Gasteiger partial charge is 0.489 e. The molecule has 112 heavy (non-hydrogen) atoms. The van der Waals surface area contributed by atoms with Gasteiger partial charge in [-0.1, -0.05) is 328 Å². The molecule has 4 aromatic heterocycles. The predicted molar refractivity (Wildman–Crippen MR) is 498 cm³/mol. The number of hydrogen-bond donors (Lipinski definition) is 0. The molecule has 4 heterocycles. The number of pyridine rings is 2. The Morgan fingerprint density at radius 1 is 0.536 bits per heavy atom. The second-order valence-electron chi connectivity index (χ2n) is 39.3. The molecule has 7 nitrogen and oxygen atoms in total. The fourth-order valence-corrected chi connectivity index (χ4v) is 14.4. The van der Waals surface area contributed by atoms with Crippen molar-refractivity contribution < 1.29 is 9.66 Å². The Kier molecular flexibility index (Phi) is 38.0. The second kappa shape index (κ2) is 43.9. The van der Waals surface area contributed by atoms with E-state index in [4.69, 9.17) is 4.74 Å². The second-order valence-corrected chi connectivity index (χ2v) is 42.8. The Morgan fingerprint density at radius 3 is 1.52 bits per heavy atom. The van der Waals surface area contributed by atoms with Gasteiger partial charge < -0.3 is 9.30 Å². The molecule has 1 fully saturated rings. The number of halogens is 1. The summed E-state index contributed by atoms with van der Waals surface area (Å²) in [5, 5.41) is 11.8. The van der Waals surface area contributed by atoms with E-state index in [2.05, 4.69) is 364 Å². The van der Waals surface area contributed by atoms with Crippen molar-refractivity contribution in [2.75, 3.05) is 12.0 Å². The molecule has 0 radical (unpaired) electrons. The molecular formula is C102H143BrN4O3S2. The summed E-state index contributed by atoms with van der Waals surface area (Å²) in [7, 11) is 2.11. The SMILES string of the molecule is CC(C)(C)/C=C/c1ccc([N+](=O)[O-])cc1.CC(C)(C)C1CCCCC1.CC(C)(C)c1ccc(Br)s1.CC(C)(C)c1ccc(OCc2ccccc2)cc1.CC(C)(C)c1ccc2c(c1)Cc1ccccc1-2.CC(C)(C)c1cccnc1.CC(C)(C)c1ccncc1.CSCCC(C)(C)C.Cn1cc(C(C)(C)C)c2ccccc21. The normalized spacial score (nSPS) is 13.0. The molecule has 608 valence electrons. The Balaban J connectivity index is 0.000000269. The molecule has 0 spiro atoms. The molecule has 10 heteroatoms. The van der Waals surface area contributed by atoms with Crippen LogP contribution >= 0.6 is 39.0 Å². The summed E-state index contributed by atoms with van der Waals surface area (Å²) in [6.07, 6.45) is 25.6. The zero-order valence-electron chi connectivity index (χ0n) is 74.5. The number of rotatable bonds is 7. The first-order valence-corrected chi connectivity index (χ1v) is 43.4. The maximum atomic E-state index is 10.4. The van der Waals surface area contributed by atoms with Gasteiger partial charge >= 0.3 is 0 Å². The van der Waals surface area contributed by atoms with Crippen LogP contribution in [-0.4, -0.2) is 31.5 Å². The molecule has 0 bridgehead atoms. The highest BCUT2D eigenvalue weighted by Crippen LogP contribution is 2.40. The van der Waals surface area contributed by atoms with Gasteiger partial charge in [-0.05, 0) is 230 Å². The van der Waals surface area contributed by atoms with Gasteiger partial charge in [0, 0.05) is 65.9 Å². The number of fused-ring (bicyclic) bond motifs is 4.